The number of hydrogen-bond donors (Lipinski definition) is 1. The molecule has 6 rings (SSSR count). The molecule has 2 amide bonds. The van der Waals surface area contributed by atoms with E-state index in [9.17, 15) is 18.0 Å². The highest BCUT2D eigenvalue weighted by Gasteiger charge is 2.45. The van der Waals surface area contributed by atoms with E-state index in [1.54, 1.807) is 12.0 Å². The zero-order chi connectivity index (χ0) is 29.6. The fraction of sp³-hybridized carbons (Fsp3) is 0.690. The van der Waals surface area contributed by atoms with Gasteiger partial charge >= 0.3 is 0 Å². The van der Waals surface area contributed by atoms with E-state index in [1.165, 1.54) is 0 Å². The summed E-state index contributed by atoms with van der Waals surface area (Å²) in [6.45, 7) is 1.72. The lowest BCUT2D eigenvalue weighted by Gasteiger charge is -2.36. The quantitative estimate of drug-likeness (QED) is 0.476. The molecule has 12 heteroatoms. The number of carbonyl (C=O) groups excluding carboxylic acids is 2. The molecule has 1 aromatic heterocycles. The Morgan fingerprint density at radius 2 is 1.51 bits per heavy atom. The van der Waals surface area contributed by atoms with E-state index in [-0.39, 0.29) is 28.4 Å². The molecule has 41 heavy (non-hydrogen) atoms. The zero-order valence-corrected chi connectivity index (χ0v) is 26.5. The fourth-order valence-corrected chi connectivity index (χ4v) is 8.95. The molecule has 2 saturated carbocycles. The van der Waals surface area contributed by atoms with Gasteiger partial charge in [-0.15, -0.1) is 0 Å². The number of benzene rings is 1. The monoisotopic (exact) mass is 652 g/mol. The third-order valence-corrected chi connectivity index (χ3v) is 11.4. The van der Waals surface area contributed by atoms with Crippen molar-refractivity contribution in [2.75, 3.05) is 40.0 Å². The van der Waals surface area contributed by atoms with Crippen molar-refractivity contribution in [3.05, 3.63) is 22.8 Å². The van der Waals surface area contributed by atoms with Crippen molar-refractivity contribution in [2.45, 2.75) is 70.3 Å². The summed E-state index contributed by atoms with van der Waals surface area (Å²) in [4.78, 5) is 27.1. The van der Waals surface area contributed by atoms with Crippen LogP contribution in [0.15, 0.2) is 22.8 Å². The van der Waals surface area contributed by atoms with E-state index in [0.717, 1.165) is 92.0 Å². The van der Waals surface area contributed by atoms with Crippen LogP contribution in [0.25, 0.3) is 10.9 Å². The third-order valence-electron chi connectivity index (χ3n) is 9.85. The SMILES string of the molecule is CN1CC2(CCC(CS(=O)(=O)O)CC2)CC1=O.COc1cc2nn(C3CCC4(CC3)CC(=O)N(C)C4)cc2cc1Br. The average Bonchev–Trinajstić information content (AvgIpc) is 3.53. The van der Waals surface area contributed by atoms with Crippen molar-refractivity contribution in [1.29, 1.82) is 0 Å². The number of aromatic nitrogens is 2. The van der Waals surface area contributed by atoms with Gasteiger partial charge in [-0.05, 0) is 90.1 Å². The molecular weight excluding hydrogens is 612 g/mol. The van der Waals surface area contributed by atoms with Gasteiger partial charge in [-0.2, -0.15) is 13.5 Å². The summed E-state index contributed by atoms with van der Waals surface area (Å²) in [5, 5.41) is 5.89. The first kappa shape index (κ1) is 30.3. The second kappa shape index (κ2) is 11.5. The lowest BCUT2D eigenvalue weighted by atomic mass is 9.70. The van der Waals surface area contributed by atoms with Gasteiger partial charge in [0.2, 0.25) is 11.8 Å². The van der Waals surface area contributed by atoms with Crippen LogP contribution in [0.1, 0.15) is 70.3 Å². The Morgan fingerprint density at radius 3 is 1.98 bits per heavy atom. The molecule has 0 bridgehead atoms. The zero-order valence-electron chi connectivity index (χ0n) is 24.1. The number of nitrogens with zero attached hydrogens (tertiary/aromatic N) is 4. The summed E-state index contributed by atoms with van der Waals surface area (Å²) < 4.78 is 38.9. The standard InChI is InChI=1S/C18H22BrN3O2.C11H19NO4S/c1-21-11-18(9-17(21)23)5-3-13(4-6-18)22-10-12-7-14(19)16(24-2)8-15(12)20-22;1-12-8-11(6-10(12)13)4-2-9(3-5-11)7-17(14,15)16/h7-8,10,13H,3-6,9,11H2,1-2H3;9H,2-8H2,1H3,(H,14,15,16). The van der Waals surface area contributed by atoms with E-state index in [4.69, 9.17) is 14.4 Å². The first-order chi connectivity index (χ1) is 19.3. The highest BCUT2D eigenvalue weighted by Crippen LogP contribution is 2.47. The second-order valence-corrected chi connectivity index (χ2v) is 15.3. The van der Waals surface area contributed by atoms with E-state index in [1.807, 2.05) is 25.1 Å². The summed E-state index contributed by atoms with van der Waals surface area (Å²) in [6, 6.07) is 4.46. The van der Waals surface area contributed by atoms with Crippen LogP contribution in [0.5, 0.6) is 5.75 Å². The predicted octanol–water partition coefficient (Wildman–Crippen LogP) is 4.68. The van der Waals surface area contributed by atoms with Gasteiger partial charge in [0, 0.05) is 57.7 Å². The van der Waals surface area contributed by atoms with Gasteiger partial charge in [0.15, 0.2) is 0 Å². The Balaban J connectivity index is 0.000000175. The summed E-state index contributed by atoms with van der Waals surface area (Å²) >= 11 is 3.54. The molecule has 1 N–H and O–H groups in total. The number of carbonyl (C=O) groups is 2. The molecule has 0 unspecified atom stereocenters. The van der Waals surface area contributed by atoms with Crippen molar-refractivity contribution < 1.29 is 27.3 Å². The molecule has 4 aliphatic rings. The molecule has 2 aliphatic carbocycles. The minimum absolute atomic E-state index is 0.0524. The molecule has 0 atom stereocenters. The smallest absolute Gasteiger partial charge is 0.265 e. The van der Waals surface area contributed by atoms with Crippen molar-refractivity contribution in [1.82, 2.24) is 19.6 Å². The molecule has 2 saturated heterocycles. The minimum atomic E-state index is -3.86. The molecule has 10 nitrogen and oxygen atoms in total. The number of hydrogen-bond acceptors (Lipinski definition) is 6. The Morgan fingerprint density at radius 1 is 0.976 bits per heavy atom. The van der Waals surface area contributed by atoms with Crippen molar-refractivity contribution in [3.8, 4) is 5.75 Å². The topological polar surface area (TPSA) is 122 Å². The number of halogens is 1. The summed E-state index contributed by atoms with van der Waals surface area (Å²) in [7, 11) is 1.56. The molecule has 226 valence electrons. The molecule has 3 heterocycles. The first-order valence-electron chi connectivity index (χ1n) is 14.4. The van der Waals surface area contributed by atoms with Crippen LogP contribution in [0, 0.1) is 16.7 Å². The van der Waals surface area contributed by atoms with Gasteiger partial charge in [-0.25, -0.2) is 0 Å². The maximum Gasteiger partial charge on any atom is 0.265 e. The predicted molar refractivity (Wildman–Crippen MR) is 159 cm³/mol. The van der Waals surface area contributed by atoms with Gasteiger partial charge in [-0.1, -0.05) is 0 Å². The number of methoxy groups -OCH3 is 1. The number of likely N-dealkylation sites (tertiary alicyclic amines) is 2. The molecule has 2 aliphatic heterocycles. The highest BCUT2D eigenvalue weighted by molar-refractivity contribution is 9.10. The Labute approximate surface area is 250 Å². The van der Waals surface area contributed by atoms with Crippen LogP contribution in [0.2, 0.25) is 0 Å². The molecule has 2 spiro atoms. The fourth-order valence-electron chi connectivity index (χ4n) is 7.50. The molecule has 1 aromatic carbocycles. The van der Waals surface area contributed by atoms with Crippen molar-refractivity contribution in [3.63, 3.8) is 0 Å². The number of amides is 2. The lowest BCUT2D eigenvalue weighted by molar-refractivity contribution is -0.127. The minimum Gasteiger partial charge on any atom is -0.495 e. The normalized spacial score (nSPS) is 30.4. The van der Waals surface area contributed by atoms with Gasteiger partial charge in [0.1, 0.15) is 5.75 Å². The van der Waals surface area contributed by atoms with Gasteiger partial charge in [0.25, 0.3) is 10.1 Å². The first-order valence-corrected chi connectivity index (χ1v) is 16.9. The maximum atomic E-state index is 11.9. The van der Waals surface area contributed by atoms with E-state index in [0.29, 0.717) is 18.4 Å². The van der Waals surface area contributed by atoms with Gasteiger partial charge in [-0.3, -0.25) is 18.8 Å². The molecule has 4 fully saturated rings. The number of ether oxygens (including phenoxy) is 1. The van der Waals surface area contributed by atoms with E-state index >= 15 is 0 Å². The molecule has 0 radical (unpaired) electrons. The van der Waals surface area contributed by atoms with Crippen molar-refractivity contribution in [2.24, 2.45) is 16.7 Å². The van der Waals surface area contributed by atoms with Gasteiger partial charge < -0.3 is 14.5 Å². The summed E-state index contributed by atoms with van der Waals surface area (Å²) in [5.74, 6) is 1.22. The highest BCUT2D eigenvalue weighted by atomic mass is 79.9. The molecule has 2 aromatic rings. The Bertz CT molecular complexity index is 1410. The van der Waals surface area contributed by atoms with Crippen LogP contribution in [-0.2, 0) is 19.7 Å². The molecular formula is C29H41BrN4O6S. The van der Waals surface area contributed by atoms with Crippen LogP contribution in [0.4, 0.5) is 0 Å². The van der Waals surface area contributed by atoms with Crippen LogP contribution < -0.4 is 4.74 Å². The average molecular weight is 654 g/mol. The van der Waals surface area contributed by atoms with Crippen LogP contribution in [-0.4, -0.2) is 84.4 Å². The third kappa shape index (κ3) is 6.74. The Hall–Kier alpha value is -2.18. The van der Waals surface area contributed by atoms with E-state index in [2.05, 4.69) is 32.9 Å². The summed E-state index contributed by atoms with van der Waals surface area (Å²) in [6.07, 6.45) is 11.2. The number of rotatable bonds is 4. The van der Waals surface area contributed by atoms with Gasteiger partial charge in [0.05, 0.1) is 28.9 Å². The van der Waals surface area contributed by atoms with E-state index < -0.39 is 10.1 Å². The summed E-state index contributed by atoms with van der Waals surface area (Å²) in [5.41, 5.74) is 1.24. The maximum absolute atomic E-state index is 11.9. The number of fused-ring (bicyclic) bond motifs is 1. The largest absolute Gasteiger partial charge is 0.495 e. The van der Waals surface area contributed by atoms with Crippen molar-refractivity contribution >= 4 is 48.8 Å². The van der Waals surface area contributed by atoms with Crippen LogP contribution in [0.3, 0.4) is 0 Å². The lowest BCUT2D eigenvalue weighted by Crippen LogP contribution is -2.32. The second-order valence-electron chi connectivity index (χ2n) is 12.9. The Kier molecular flexibility index (Phi) is 8.48. The van der Waals surface area contributed by atoms with Crippen LogP contribution >= 0.6 is 15.9 Å².